The van der Waals surface area contributed by atoms with E-state index in [-0.39, 0.29) is 5.91 Å². The van der Waals surface area contributed by atoms with E-state index in [0.29, 0.717) is 27.0 Å². The minimum atomic E-state index is -0.302. The Kier molecular flexibility index (Phi) is 5.34. The molecule has 2 N–H and O–H groups in total. The zero-order valence-corrected chi connectivity index (χ0v) is 16.9. The van der Waals surface area contributed by atoms with Crippen molar-refractivity contribution in [1.29, 1.82) is 0 Å². The third kappa shape index (κ3) is 4.16. The smallest absolute Gasteiger partial charge is 0.271 e. The first-order chi connectivity index (χ1) is 14.0. The lowest BCUT2D eigenvalue weighted by molar-refractivity contribution is 0.0961. The van der Waals surface area contributed by atoms with Crippen molar-refractivity contribution in [3.8, 4) is 11.3 Å². The number of nitrogens with zero attached hydrogens (tertiary/aromatic N) is 2. The van der Waals surface area contributed by atoms with Crippen LogP contribution < -0.4 is 10.9 Å². The number of hydrogen-bond acceptors (Lipinski definition) is 4. The van der Waals surface area contributed by atoms with Crippen LogP contribution in [0.5, 0.6) is 0 Å². The van der Waals surface area contributed by atoms with Gasteiger partial charge in [0.15, 0.2) is 0 Å². The van der Waals surface area contributed by atoms with Gasteiger partial charge in [0.25, 0.3) is 5.91 Å². The molecule has 1 amide bonds. The third-order valence-corrected chi connectivity index (χ3v) is 5.20. The number of carbonyl (C=O) groups is 1. The normalized spacial score (nSPS) is 10.7. The van der Waals surface area contributed by atoms with Crippen LogP contribution in [0, 0.1) is 6.92 Å². The van der Waals surface area contributed by atoms with Gasteiger partial charge in [-0.3, -0.25) is 25.6 Å². The summed E-state index contributed by atoms with van der Waals surface area (Å²) in [5, 5.41) is 1.89. The van der Waals surface area contributed by atoms with Crippen molar-refractivity contribution in [1.82, 2.24) is 15.4 Å². The average Bonchev–Trinajstić information content (AvgIpc) is 2.74. The Hall–Kier alpha value is -3.15. The molecule has 144 valence electrons. The van der Waals surface area contributed by atoms with E-state index in [9.17, 15) is 4.79 Å². The average molecular weight is 423 g/mol. The number of benzene rings is 2. The maximum absolute atomic E-state index is 12.5. The predicted molar refractivity (Wildman–Crippen MR) is 117 cm³/mol. The molecule has 0 fully saturated rings. The number of fused-ring (bicyclic) bond motifs is 1. The molecule has 0 bridgehead atoms. The molecule has 4 rings (SSSR count). The van der Waals surface area contributed by atoms with Gasteiger partial charge < -0.3 is 0 Å². The molecule has 0 unspecified atom stereocenters. The van der Waals surface area contributed by atoms with Gasteiger partial charge in [-0.2, -0.15) is 0 Å². The second kappa shape index (κ2) is 8.07. The summed E-state index contributed by atoms with van der Waals surface area (Å²) in [5.74, 6) is -0.302. The van der Waals surface area contributed by atoms with Crippen molar-refractivity contribution < 1.29 is 4.79 Å². The van der Waals surface area contributed by atoms with Crippen LogP contribution in [-0.4, -0.2) is 15.9 Å². The number of carbonyl (C=O) groups excluding carboxylic acids is 1. The Morgan fingerprint density at radius 2 is 1.79 bits per heavy atom. The van der Waals surface area contributed by atoms with Crippen LogP contribution in [0.4, 0.5) is 5.69 Å². The standard InChI is InChI=1S/C22H16Cl2N4O/c1-13-17(22(29)28-27-16-6-8-18(23)19(24)11-16)7-9-21(26-13)15-10-14-4-2-3-5-20(14)25-12-15/h2-12,27H,1H3,(H,28,29). The number of anilines is 1. The van der Waals surface area contributed by atoms with Crippen LogP contribution in [0.3, 0.4) is 0 Å². The first kappa shape index (κ1) is 19.2. The van der Waals surface area contributed by atoms with Crippen molar-refractivity contribution in [2.45, 2.75) is 6.92 Å². The van der Waals surface area contributed by atoms with Gasteiger partial charge in [-0.25, -0.2) is 0 Å². The molecule has 4 aromatic rings. The van der Waals surface area contributed by atoms with E-state index in [0.717, 1.165) is 22.2 Å². The van der Waals surface area contributed by atoms with Gasteiger partial charge in [-0.15, -0.1) is 0 Å². The van der Waals surface area contributed by atoms with Crippen LogP contribution in [0.15, 0.2) is 66.9 Å². The molecule has 0 aliphatic heterocycles. The third-order valence-electron chi connectivity index (χ3n) is 4.46. The molecular weight excluding hydrogens is 407 g/mol. The Labute approximate surface area is 177 Å². The van der Waals surface area contributed by atoms with E-state index >= 15 is 0 Å². The van der Waals surface area contributed by atoms with Gasteiger partial charge in [0.05, 0.1) is 38.2 Å². The summed E-state index contributed by atoms with van der Waals surface area (Å²) in [5.41, 5.74) is 9.76. The summed E-state index contributed by atoms with van der Waals surface area (Å²) >= 11 is 11.9. The van der Waals surface area contributed by atoms with E-state index < -0.39 is 0 Å². The summed E-state index contributed by atoms with van der Waals surface area (Å²) in [6.45, 7) is 1.80. The first-order valence-electron chi connectivity index (χ1n) is 8.85. The fourth-order valence-electron chi connectivity index (χ4n) is 2.94. The number of nitrogens with one attached hydrogen (secondary N) is 2. The first-order valence-corrected chi connectivity index (χ1v) is 9.61. The lowest BCUT2D eigenvalue weighted by Gasteiger charge is -2.11. The van der Waals surface area contributed by atoms with Gasteiger partial charge in [-0.1, -0.05) is 41.4 Å². The zero-order valence-electron chi connectivity index (χ0n) is 15.4. The maximum Gasteiger partial charge on any atom is 0.271 e. The molecule has 2 heterocycles. The number of rotatable bonds is 4. The highest BCUT2D eigenvalue weighted by Gasteiger charge is 2.12. The quantitative estimate of drug-likeness (QED) is 0.415. The lowest BCUT2D eigenvalue weighted by Crippen LogP contribution is -2.30. The van der Waals surface area contributed by atoms with Gasteiger partial charge in [0, 0.05) is 17.1 Å². The van der Waals surface area contributed by atoms with Crippen molar-refractivity contribution >= 4 is 45.7 Å². The van der Waals surface area contributed by atoms with Crippen molar-refractivity contribution in [3.05, 3.63) is 88.2 Å². The summed E-state index contributed by atoms with van der Waals surface area (Å²) < 4.78 is 0. The fourth-order valence-corrected chi connectivity index (χ4v) is 3.24. The topological polar surface area (TPSA) is 66.9 Å². The SMILES string of the molecule is Cc1nc(-c2cnc3ccccc3c2)ccc1C(=O)NNc1ccc(Cl)c(Cl)c1. The molecule has 2 aromatic heterocycles. The second-order valence-electron chi connectivity index (χ2n) is 6.45. The second-order valence-corrected chi connectivity index (χ2v) is 7.27. The number of halogens is 2. The van der Waals surface area contributed by atoms with E-state index in [4.69, 9.17) is 23.2 Å². The summed E-state index contributed by atoms with van der Waals surface area (Å²) in [6, 6.07) is 18.5. The number of aryl methyl sites for hydroxylation is 1. The van der Waals surface area contributed by atoms with E-state index in [1.807, 2.05) is 36.4 Å². The molecule has 7 heteroatoms. The minimum absolute atomic E-state index is 0.302. The molecule has 0 spiro atoms. The number of pyridine rings is 2. The van der Waals surface area contributed by atoms with Crippen LogP contribution in [0.25, 0.3) is 22.2 Å². The molecule has 2 aromatic carbocycles. The maximum atomic E-state index is 12.5. The molecule has 0 saturated heterocycles. The van der Waals surface area contributed by atoms with Gasteiger partial charge >= 0.3 is 0 Å². The highest BCUT2D eigenvalue weighted by atomic mass is 35.5. The number of hydrogen-bond donors (Lipinski definition) is 2. The predicted octanol–water partition coefficient (Wildman–Crippen LogP) is 5.67. The number of para-hydroxylation sites is 1. The Morgan fingerprint density at radius 3 is 2.59 bits per heavy atom. The Balaban J connectivity index is 1.52. The van der Waals surface area contributed by atoms with Crippen molar-refractivity contribution in [2.75, 3.05) is 5.43 Å². The zero-order chi connectivity index (χ0) is 20.4. The molecule has 0 atom stereocenters. The van der Waals surface area contributed by atoms with E-state index in [1.54, 1.807) is 37.4 Å². The molecule has 5 nitrogen and oxygen atoms in total. The van der Waals surface area contributed by atoms with Crippen LogP contribution in [0.1, 0.15) is 16.1 Å². The Morgan fingerprint density at radius 1 is 0.966 bits per heavy atom. The Bertz CT molecular complexity index is 1230. The number of amides is 1. The molecule has 0 saturated carbocycles. The van der Waals surface area contributed by atoms with Gasteiger partial charge in [0.2, 0.25) is 0 Å². The van der Waals surface area contributed by atoms with Crippen molar-refractivity contribution in [3.63, 3.8) is 0 Å². The monoisotopic (exact) mass is 422 g/mol. The van der Waals surface area contributed by atoms with Gasteiger partial charge in [-0.05, 0) is 49.4 Å². The van der Waals surface area contributed by atoms with E-state index in [2.05, 4.69) is 20.8 Å². The molecule has 29 heavy (non-hydrogen) atoms. The van der Waals surface area contributed by atoms with Gasteiger partial charge in [0.1, 0.15) is 0 Å². The fraction of sp³-hybridized carbons (Fsp3) is 0.0455. The van der Waals surface area contributed by atoms with E-state index in [1.165, 1.54) is 0 Å². The highest BCUT2D eigenvalue weighted by molar-refractivity contribution is 6.42. The molecule has 0 aliphatic rings. The summed E-state index contributed by atoms with van der Waals surface area (Å²) in [4.78, 5) is 21.6. The van der Waals surface area contributed by atoms with Crippen molar-refractivity contribution in [2.24, 2.45) is 0 Å². The largest absolute Gasteiger partial charge is 0.298 e. The summed E-state index contributed by atoms with van der Waals surface area (Å²) in [7, 11) is 0. The molecule has 0 radical (unpaired) electrons. The van der Waals surface area contributed by atoms with Crippen LogP contribution >= 0.6 is 23.2 Å². The highest BCUT2D eigenvalue weighted by Crippen LogP contribution is 2.25. The van der Waals surface area contributed by atoms with Crippen LogP contribution in [0.2, 0.25) is 10.0 Å². The number of aromatic nitrogens is 2. The summed E-state index contributed by atoms with van der Waals surface area (Å²) in [6.07, 6.45) is 1.79. The molecular formula is C22H16Cl2N4O. The van der Waals surface area contributed by atoms with Crippen LogP contribution in [-0.2, 0) is 0 Å². The minimum Gasteiger partial charge on any atom is -0.298 e. The lowest BCUT2D eigenvalue weighted by atomic mass is 10.1. The molecule has 0 aliphatic carbocycles. The number of hydrazine groups is 1.